The number of nitrogens with one attached hydrogen (secondary N) is 1. The molecule has 0 aliphatic carbocycles. The lowest BCUT2D eigenvalue weighted by Gasteiger charge is -2.07. The Bertz CT molecular complexity index is 816. The van der Waals surface area contributed by atoms with Crippen LogP contribution in [-0.2, 0) is 14.8 Å². The Labute approximate surface area is 147 Å². The van der Waals surface area contributed by atoms with Crippen LogP contribution in [0.15, 0.2) is 29.3 Å². The Morgan fingerprint density at radius 3 is 2.48 bits per heavy atom. The third-order valence-corrected chi connectivity index (χ3v) is 5.85. The predicted octanol–water partition coefficient (Wildman–Crippen LogP) is 3.83. The number of anilines is 1. The zero-order valence-corrected chi connectivity index (χ0v) is 14.9. The molecule has 23 heavy (non-hydrogen) atoms. The Morgan fingerprint density at radius 2 is 1.96 bits per heavy atom. The number of aliphatic carboxylic acids is 1. The van der Waals surface area contributed by atoms with Gasteiger partial charge in [0.1, 0.15) is 0 Å². The van der Waals surface area contributed by atoms with E-state index < -0.39 is 21.9 Å². The largest absolute Gasteiger partial charge is 0.481 e. The van der Waals surface area contributed by atoms with Gasteiger partial charge in [-0.05, 0) is 24.6 Å². The molecule has 0 aliphatic heterocycles. The lowest BCUT2D eigenvalue weighted by molar-refractivity contribution is -0.138. The quantitative estimate of drug-likeness (QED) is 0.775. The van der Waals surface area contributed by atoms with Gasteiger partial charge in [-0.25, -0.2) is 13.4 Å². The fourth-order valence-electron chi connectivity index (χ4n) is 1.85. The standard InChI is InChI=1S/C13H12Cl2N2O4S2/c1-2-10(12(18)19)11-6-16-13(22-11)17-23(20,21)9-4-7(14)3-8(15)5-9/h3-6,10H,2H2,1H3,(H,16,17)(H,18,19). The maximum absolute atomic E-state index is 12.3. The highest BCUT2D eigenvalue weighted by Crippen LogP contribution is 2.30. The van der Waals surface area contributed by atoms with Crippen molar-refractivity contribution in [2.24, 2.45) is 0 Å². The summed E-state index contributed by atoms with van der Waals surface area (Å²) in [6.45, 7) is 1.73. The maximum atomic E-state index is 12.3. The smallest absolute Gasteiger partial charge is 0.311 e. The van der Waals surface area contributed by atoms with Crippen LogP contribution in [0.4, 0.5) is 5.13 Å². The molecule has 10 heteroatoms. The van der Waals surface area contributed by atoms with Crippen LogP contribution < -0.4 is 4.72 Å². The van der Waals surface area contributed by atoms with Gasteiger partial charge in [0.25, 0.3) is 10.0 Å². The van der Waals surface area contributed by atoms with Gasteiger partial charge in [-0.1, -0.05) is 30.1 Å². The molecule has 0 fully saturated rings. The van der Waals surface area contributed by atoms with Crippen molar-refractivity contribution in [3.8, 4) is 0 Å². The topological polar surface area (TPSA) is 96.4 Å². The number of carboxylic acid groups (broad SMARTS) is 1. The summed E-state index contributed by atoms with van der Waals surface area (Å²) in [4.78, 5) is 15.4. The van der Waals surface area contributed by atoms with Crippen molar-refractivity contribution in [3.05, 3.63) is 39.3 Å². The van der Waals surface area contributed by atoms with Crippen molar-refractivity contribution >= 4 is 55.7 Å². The zero-order chi connectivity index (χ0) is 17.2. The summed E-state index contributed by atoms with van der Waals surface area (Å²) >= 11 is 12.6. The first-order valence-electron chi connectivity index (χ1n) is 6.40. The number of benzene rings is 1. The molecule has 1 atom stereocenters. The minimum absolute atomic E-state index is 0.0794. The monoisotopic (exact) mass is 394 g/mol. The SMILES string of the molecule is CCC(C(=O)O)c1cnc(NS(=O)(=O)c2cc(Cl)cc(Cl)c2)s1. The fraction of sp³-hybridized carbons (Fsp3) is 0.231. The van der Waals surface area contributed by atoms with E-state index in [0.717, 1.165) is 11.3 Å². The van der Waals surface area contributed by atoms with Crippen LogP contribution in [0.2, 0.25) is 10.0 Å². The maximum Gasteiger partial charge on any atom is 0.311 e. The van der Waals surface area contributed by atoms with Gasteiger partial charge in [0, 0.05) is 21.1 Å². The number of hydrogen-bond acceptors (Lipinski definition) is 5. The van der Waals surface area contributed by atoms with Crippen LogP contribution in [-0.4, -0.2) is 24.5 Å². The number of sulfonamides is 1. The van der Waals surface area contributed by atoms with E-state index in [1.54, 1.807) is 6.92 Å². The summed E-state index contributed by atoms with van der Waals surface area (Å²) in [5.74, 6) is -1.70. The molecule has 0 bridgehead atoms. The molecule has 0 saturated carbocycles. The van der Waals surface area contributed by atoms with E-state index in [1.807, 2.05) is 0 Å². The van der Waals surface area contributed by atoms with Gasteiger partial charge in [0.05, 0.1) is 10.8 Å². The fourth-order valence-corrected chi connectivity index (χ4v) is 4.81. The van der Waals surface area contributed by atoms with Crippen LogP contribution >= 0.6 is 34.5 Å². The summed E-state index contributed by atoms with van der Waals surface area (Å²) in [5.41, 5.74) is 0. The first-order chi connectivity index (χ1) is 10.7. The first kappa shape index (κ1) is 18.0. The molecule has 0 amide bonds. The van der Waals surface area contributed by atoms with E-state index >= 15 is 0 Å². The van der Waals surface area contributed by atoms with Crippen molar-refractivity contribution in [2.45, 2.75) is 24.2 Å². The van der Waals surface area contributed by atoms with E-state index in [0.29, 0.717) is 11.3 Å². The summed E-state index contributed by atoms with van der Waals surface area (Å²) in [6.07, 6.45) is 1.74. The molecule has 1 aromatic carbocycles. The number of carboxylic acids is 1. The third-order valence-electron chi connectivity index (χ3n) is 2.94. The molecular weight excluding hydrogens is 383 g/mol. The molecule has 2 aromatic rings. The zero-order valence-electron chi connectivity index (χ0n) is 11.8. The van der Waals surface area contributed by atoms with Crippen LogP contribution in [0, 0.1) is 0 Å². The molecule has 0 spiro atoms. The number of aromatic nitrogens is 1. The predicted molar refractivity (Wildman–Crippen MR) is 90.1 cm³/mol. The van der Waals surface area contributed by atoms with Gasteiger partial charge in [-0.2, -0.15) is 0 Å². The van der Waals surface area contributed by atoms with E-state index in [9.17, 15) is 13.2 Å². The van der Waals surface area contributed by atoms with E-state index in [1.165, 1.54) is 24.4 Å². The number of rotatable bonds is 6. The average Bonchev–Trinajstić information content (AvgIpc) is 2.85. The minimum Gasteiger partial charge on any atom is -0.481 e. The molecule has 1 aromatic heterocycles. The Hall–Kier alpha value is -1.35. The number of thiazole rings is 1. The van der Waals surface area contributed by atoms with Gasteiger partial charge in [-0.15, -0.1) is 11.3 Å². The number of hydrogen-bond donors (Lipinski definition) is 2. The molecule has 0 aliphatic rings. The highest BCUT2D eigenvalue weighted by atomic mass is 35.5. The van der Waals surface area contributed by atoms with Crippen LogP contribution in [0.5, 0.6) is 0 Å². The second kappa shape index (κ2) is 7.04. The lowest BCUT2D eigenvalue weighted by atomic mass is 10.1. The van der Waals surface area contributed by atoms with Gasteiger partial charge < -0.3 is 5.11 Å². The van der Waals surface area contributed by atoms with Gasteiger partial charge in [-0.3, -0.25) is 9.52 Å². The van der Waals surface area contributed by atoms with Crippen molar-refractivity contribution in [1.29, 1.82) is 0 Å². The highest BCUT2D eigenvalue weighted by molar-refractivity contribution is 7.93. The first-order valence-corrected chi connectivity index (χ1v) is 9.46. The van der Waals surface area contributed by atoms with Gasteiger partial charge >= 0.3 is 5.97 Å². The third kappa shape index (κ3) is 4.35. The van der Waals surface area contributed by atoms with Crippen LogP contribution in [0.25, 0.3) is 0 Å². The lowest BCUT2D eigenvalue weighted by Crippen LogP contribution is -2.12. The van der Waals surface area contributed by atoms with Gasteiger partial charge in [0.15, 0.2) is 5.13 Å². The minimum atomic E-state index is -3.92. The van der Waals surface area contributed by atoms with Crippen molar-refractivity contribution in [2.75, 3.05) is 4.72 Å². The number of halogens is 2. The average molecular weight is 395 g/mol. The van der Waals surface area contributed by atoms with E-state index in [-0.39, 0.29) is 20.1 Å². The molecular formula is C13H12Cl2N2O4S2. The second-order valence-corrected chi connectivity index (χ2v) is 8.20. The Kier molecular flexibility index (Phi) is 5.51. The normalized spacial score (nSPS) is 12.8. The van der Waals surface area contributed by atoms with E-state index in [4.69, 9.17) is 28.3 Å². The van der Waals surface area contributed by atoms with Crippen molar-refractivity contribution in [3.63, 3.8) is 0 Å². The molecule has 1 heterocycles. The summed E-state index contributed by atoms with van der Waals surface area (Å²) < 4.78 is 26.9. The molecule has 6 nitrogen and oxygen atoms in total. The molecule has 124 valence electrons. The summed E-state index contributed by atoms with van der Waals surface area (Å²) in [6, 6.07) is 3.94. The van der Waals surface area contributed by atoms with Crippen molar-refractivity contribution in [1.82, 2.24) is 4.98 Å². The molecule has 2 N–H and O–H groups in total. The number of nitrogens with zero attached hydrogens (tertiary/aromatic N) is 1. The van der Waals surface area contributed by atoms with E-state index in [2.05, 4.69) is 9.71 Å². The highest BCUT2D eigenvalue weighted by Gasteiger charge is 2.22. The molecule has 0 saturated heterocycles. The second-order valence-electron chi connectivity index (χ2n) is 4.58. The Balaban J connectivity index is 2.28. The van der Waals surface area contributed by atoms with Crippen molar-refractivity contribution < 1.29 is 18.3 Å². The Morgan fingerprint density at radius 1 is 1.35 bits per heavy atom. The number of carbonyl (C=O) groups is 1. The molecule has 0 radical (unpaired) electrons. The molecule has 2 rings (SSSR count). The molecule has 1 unspecified atom stereocenters. The summed E-state index contributed by atoms with van der Waals surface area (Å²) in [5, 5.41) is 9.58. The van der Waals surface area contributed by atoms with Crippen LogP contribution in [0.3, 0.4) is 0 Å². The van der Waals surface area contributed by atoms with Gasteiger partial charge in [0.2, 0.25) is 0 Å². The summed E-state index contributed by atoms with van der Waals surface area (Å²) in [7, 11) is -3.92. The van der Waals surface area contributed by atoms with Crippen LogP contribution in [0.1, 0.15) is 24.1 Å².